The Bertz CT molecular complexity index is 1310. The van der Waals surface area contributed by atoms with Crippen molar-refractivity contribution in [1.82, 2.24) is 15.1 Å². The summed E-state index contributed by atoms with van der Waals surface area (Å²) in [6.07, 6.45) is -0.473. The number of ether oxygens (including phenoxy) is 3. The topological polar surface area (TPSA) is 126 Å². The van der Waals surface area contributed by atoms with Crippen LogP contribution in [0, 0.1) is 11.3 Å². The van der Waals surface area contributed by atoms with Crippen molar-refractivity contribution in [2.75, 3.05) is 26.3 Å². The zero-order valence-corrected chi connectivity index (χ0v) is 19.5. The van der Waals surface area contributed by atoms with Gasteiger partial charge < -0.3 is 24.8 Å². The van der Waals surface area contributed by atoms with Crippen LogP contribution in [-0.4, -0.2) is 47.5 Å². The van der Waals surface area contributed by atoms with Crippen molar-refractivity contribution in [3.8, 4) is 29.0 Å². The van der Waals surface area contributed by atoms with Crippen molar-refractivity contribution < 1.29 is 19.0 Å². The molecule has 3 aromatic rings. The van der Waals surface area contributed by atoms with Gasteiger partial charge in [-0.3, -0.25) is 5.10 Å². The third-order valence-corrected chi connectivity index (χ3v) is 6.30. The van der Waals surface area contributed by atoms with E-state index in [9.17, 15) is 10.1 Å². The number of carbonyl (C=O) groups excluding carboxylic acids is 1. The number of fused-ring (bicyclic) bond motifs is 1. The number of nitriles is 1. The number of aromatic amines is 1. The number of nitrogens with two attached hydrogens (primary N) is 1. The van der Waals surface area contributed by atoms with E-state index in [1.54, 1.807) is 17.0 Å². The van der Waals surface area contributed by atoms with Crippen LogP contribution in [-0.2, 0) is 4.74 Å². The highest BCUT2D eigenvalue weighted by molar-refractivity contribution is 9.10. The summed E-state index contributed by atoms with van der Waals surface area (Å²) in [5.74, 6) is -0.0860. The molecule has 34 heavy (non-hydrogen) atoms. The van der Waals surface area contributed by atoms with Crippen LogP contribution in [0.5, 0.6) is 11.6 Å². The lowest BCUT2D eigenvalue weighted by Crippen LogP contribution is -2.42. The third kappa shape index (κ3) is 4.00. The number of nitrogens with zero attached hydrogens (tertiary/aromatic N) is 3. The highest BCUT2D eigenvalue weighted by Crippen LogP contribution is 2.47. The van der Waals surface area contributed by atoms with Crippen LogP contribution in [0.4, 0.5) is 4.79 Å². The second kappa shape index (κ2) is 9.21. The van der Waals surface area contributed by atoms with Crippen molar-refractivity contribution in [2.24, 2.45) is 5.73 Å². The Hall–Kier alpha value is -3.81. The second-order valence-corrected chi connectivity index (χ2v) is 8.67. The lowest BCUT2D eigenvalue weighted by Gasteiger charge is -2.28. The molecule has 3 N–H and O–H groups in total. The summed E-state index contributed by atoms with van der Waals surface area (Å²) in [6.45, 7) is 1.83. The van der Waals surface area contributed by atoms with Gasteiger partial charge in [0.05, 0.1) is 30.4 Å². The minimum absolute atomic E-state index is 0.0387. The lowest BCUT2D eigenvalue weighted by atomic mass is 9.82. The lowest BCUT2D eigenvalue weighted by molar-refractivity contribution is 0.0415. The number of aromatic nitrogens is 2. The number of rotatable bonds is 3. The van der Waals surface area contributed by atoms with E-state index in [1.165, 1.54) is 0 Å². The first-order valence-electron chi connectivity index (χ1n) is 10.6. The SMILES string of the molecule is N#CC1=C(N)Oc2n[nH]c(-c3ccc(Br)cc3)c2C1c1ccccc1OC(=O)N1CCOCC1. The fourth-order valence-corrected chi connectivity index (χ4v) is 4.37. The number of morpholine rings is 1. The molecule has 2 aromatic carbocycles. The van der Waals surface area contributed by atoms with E-state index in [-0.39, 0.29) is 17.3 Å². The smallest absolute Gasteiger partial charge is 0.415 e. The molecule has 1 amide bonds. The Morgan fingerprint density at radius 2 is 1.94 bits per heavy atom. The Balaban J connectivity index is 1.60. The maximum Gasteiger partial charge on any atom is 0.415 e. The molecule has 1 unspecified atom stereocenters. The fourth-order valence-electron chi connectivity index (χ4n) is 4.11. The standard InChI is InChI=1S/C24H20BrN5O4/c25-15-7-5-14(6-8-15)21-20-19(17(13-26)22(27)34-23(20)29-28-21)16-3-1-2-4-18(16)33-24(31)30-9-11-32-12-10-30/h1-8,19H,9-12,27H2,(H,28,29). The molecule has 0 aliphatic carbocycles. The molecule has 1 fully saturated rings. The predicted octanol–water partition coefficient (Wildman–Crippen LogP) is 3.89. The van der Waals surface area contributed by atoms with Crippen molar-refractivity contribution >= 4 is 22.0 Å². The molecule has 3 heterocycles. The first-order chi connectivity index (χ1) is 16.6. The van der Waals surface area contributed by atoms with Crippen LogP contribution < -0.4 is 15.2 Å². The summed E-state index contributed by atoms with van der Waals surface area (Å²) in [7, 11) is 0. The summed E-state index contributed by atoms with van der Waals surface area (Å²) in [5, 5.41) is 17.3. The minimum atomic E-state index is -0.653. The summed E-state index contributed by atoms with van der Waals surface area (Å²) < 4.78 is 17.7. The van der Waals surface area contributed by atoms with Gasteiger partial charge in [0.15, 0.2) is 0 Å². The molecule has 1 aromatic heterocycles. The van der Waals surface area contributed by atoms with E-state index < -0.39 is 12.0 Å². The van der Waals surface area contributed by atoms with E-state index in [4.69, 9.17) is 19.9 Å². The number of carbonyl (C=O) groups is 1. The van der Waals surface area contributed by atoms with Gasteiger partial charge in [-0.25, -0.2) is 4.79 Å². The fraction of sp³-hybridized carbons (Fsp3) is 0.208. The maximum absolute atomic E-state index is 12.8. The molecule has 172 valence electrons. The van der Waals surface area contributed by atoms with Gasteiger partial charge >= 0.3 is 6.09 Å². The van der Waals surface area contributed by atoms with Crippen molar-refractivity contribution in [3.05, 3.63) is 75.6 Å². The number of amides is 1. The average molecular weight is 522 g/mol. The first-order valence-corrected chi connectivity index (χ1v) is 11.4. The van der Waals surface area contributed by atoms with Gasteiger partial charge in [-0.15, -0.1) is 5.10 Å². The van der Waals surface area contributed by atoms with Gasteiger partial charge in [0.2, 0.25) is 11.8 Å². The Morgan fingerprint density at radius 3 is 2.68 bits per heavy atom. The zero-order chi connectivity index (χ0) is 23.7. The van der Waals surface area contributed by atoms with Crippen LogP contribution in [0.3, 0.4) is 0 Å². The number of hydrogen-bond acceptors (Lipinski definition) is 7. The third-order valence-electron chi connectivity index (χ3n) is 5.77. The zero-order valence-electron chi connectivity index (χ0n) is 18.0. The van der Waals surface area contributed by atoms with Gasteiger partial charge in [-0.1, -0.05) is 46.3 Å². The molecule has 2 aliphatic heterocycles. The Labute approximate surface area is 203 Å². The molecule has 5 rings (SSSR count). The average Bonchev–Trinajstić information content (AvgIpc) is 3.28. The molecule has 0 radical (unpaired) electrons. The quantitative estimate of drug-likeness (QED) is 0.535. The van der Waals surface area contributed by atoms with Gasteiger partial charge in [0, 0.05) is 28.7 Å². The predicted molar refractivity (Wildman–Crippen MR) is 126 cm³/mol. The molecule has 2 aliphatic rings. The molecule has 0 saturated carbocycles. The second-order valence-electron chi connectivity index (χ2n) is 7.75. The maximum atomic E-state index is 12.8. The highest BCUT2D eigenvalue weighted by atomic mass is 79.9. The van der Waals surface area contributed by atoms with Crippen LogP contribution >= 0.6 is 15.9 Å². The number of H-pyrrole nitrogens is 1. The van der Waals surface area contributed by atoms with Crippen molar-refractivity contribution in [3.63, 3.8) is 0 Å². The van der Waals surface area contributed by atoms with Gasteiger partial charge in [0.1, 0.15) is 17.4 Å². The summed E-state index contributed by atoms with van der Waals surface area (Å²) >= 11 is 3.45. The molecular formula is C24H20BrN5O4. The van der Waals surface area contributed by atoms with Crippen LogP contribution in [0.2, 0.25) is 0 Å². The number of nitrogens with one attached hydrogen (secondary N) is 1. The molecular weight excluding hydrogens is 502 g/mol. The molecule has 0 spiro atoms. The Kier molecular flexibility index (Phi) is 5.96. The van der Waals surface area contributed by atoms with Gasteiger partial charge in [0.25, 0.3) is 0 Å². The van der Waals surface area contributed by atoms with Crippen LogP contribution in [0.1, 0.15) is 17.0 Å². The summed E-state index contributed by atoms with van der Waals surface area (Å²) in [5.41, 5.74) is 9.10. The monoisotopic (exact) mass is 521 g/mol. The van der Waals surface area contributed by atoms with Crippen LogP contribution in [0.25, 0.3) is 11.3 Å². The largest absolute Gasteiger partial charge is 0.420 e. The van der Waals surface area contributed by atoms with Gasteiger partial charge in [-0.05, 0) is 18.2 Å². The van der Waals surface area contributed by atoms with Gasteiger partial charge in [-0.2, -0.15) is 5.26 Å². The number of hydrogen-bond donors (Lipinski definition) is 2. The van der Waals surface area contributed by atoms with E-state index in [0.717, 1.165) is 10.0 Å². The molecule has 1 atom stereocenters. The van der Waals surface area contributed by atoms with Crippen molar-refractivity contribution in [1.29, 1.82) is 5.26 Å². The highest BCUT2D eigenvalue weighted by Gasteiger charge is 2.37. The number of benzene rings is 2. The number of para-hydroxylation sites is 1. The normalized spacial score (nSPS) is 17.5. The summed E-state index contributed by atoms with van der Waals surface area (Å²) in [6, 6.07) is 17.0. The molecule has 9 nitrogen and oxygen atoms in total. The van der Waals surface area contributed by atoms with Crippen LogP contribution in [0.15, 0.2) is 64.5 Å². The van der Waals surface area contributed by atoms with E-state index in [1.807, 2.05) is 36.4 Å². The molecule has 1 saturated heterocycles. The van der Waals surface area contributed by atoms with E-state index in [0.29, 0.717) is 48.9 Å². The van der Waals surface area contributed by atoms with E-state index in [2.05, 4.69) is 32.2 Å². The molecule has 0 bridgehead atoms. The Morgan fingerprint density at radius 1 is 1.21 bits per heavy atom. The number of allylic oxidation sites excluding steroid dienone is 1. The number of halogens is 1. The minimum Gasteiger partial charge on any atom is -0.420 e. The first kappa shape index (κ1) is 22.0. The van der Waals surface area contributed by atoms with Crippen molar-refractivity contribution in [2.45, 2.75) is 5.92 Å². The van der Waals surface area contributed by atoms with E-state index >= 15 is 0 Å². The summed E-state index contributed by atoms with van der Waals surface area (Å²) in [4.78, 5) is 14.4. The molecule has 10 heteroatoms.